The van der Waals surface area contributed by atoms with Crippen LogP contribution in [-0.4, -0.2) is 21.3 Å². The second-order valence-electron chi connectivity index (χ2n) is 5.99. The minimum atomic E-state index is -2.23. The summed E-state index contributed by atoms with van der Waals surface area (Å²) in [5, 5.41) is 2.90. The van der Waals surface area contributed by atoms with Crippen LogP contribution in [0.5, 0.6) is 0 Å². The van der Waals surface area contributed by atoms with E-state index in [0.717, 1.165) is 0 Å². The van der Waals surface area contributed by atoms with E-state index in [1.807, 2.05) is 0 Å². The van der Waals surface area contributed by atoms with Gasteiger partial charge in [-0.1, -0.05) is 0 Å². The quantitative estimate of drug-likeness (QED) is 0.359. The number of hydrogen-bond donors (Lipinski definition) is 0. The van der Waals surface area contributed by atoms with Crippen molar-refractivity contribution in [1.29, 1.82) is 0 Å². The molecule has 3 heteroatoms. The molecule has 1 heterocycles. The Labute approximate surface area is 160 Å². The Morgan fingerprint density at radius 1 is 0.640 bits per heavy atom. The average Bonchev–Trinajstić information content (AvgIpc) is 2.95. The van der Waals surface area contributed by atoms with E-state index in [9.17, 15) is 0 Å². The van der Waals surface area contributed by atoms with E-state index >= 15 is 0 Å². The first-order valence-electron chi connectivity index (χ1n) is 8.20. The Hall–Kier alpha value is -1.34. The fraction of sp³-hybridized carbons (Fsp3) is 0. The molecule has 122 valence electrons. The molecule has 1 unspecified atom stereocenters. The van der Waals surface area contributed by atoms with Crippen LogP contribution in [0.3, 0.4) is 0 Å². The molecule has 25 heavy (non-hydrogen) atoms. The summed E-state index contributed by atoms with van der Waals surface area (Å²) in [6.45, 7) is 0. The molecule has 0 fully saturated rings. The Morgan fingerprint density at radius 2 is 1.28 bits per heavy atom. The van der Waals surface area contributed by atoms with Gasteiger partial charge in [0.1, 0.15) is 0 Å². The molecular weight excluding hydrogens is 502 g/mol. The van der Waals surface area contributed by atoms with Crippen LogP contribution in [0.2, 0.25) is 0 Å². The van der Waals surface area contributed by atoms with Gasteiger partial charge in [-0.2, -0.15) is 0 Å². The summed E-state index contributed by atoms with van der Waals surface area (Å²) in [6.07, 6.45) is 0. The van der Waals surface area contributed by atoms with Crippen LogP contribution in [0.4, 0.5) is 0 Å². The Balaban J connectivity index is 1.89. The van der Waals surface area contributed by atoms with Gasteiger partial charge in [-0.15, -0.1) is 0 Å². The fourth-order valence-corrected chi connectivity index (χ4v) is 37.1. The third-order valence-corrected chi connectivity index (χ3v) is 36.3. The zero-order chi connectivity index (χ0) is 16.9. The van der Waals surface area contributed by atoms with Crippen molar-refractivity contribution in [2.75, 3.05) is 0 Å². The summed E-state index contributed by atoms with van der Waals surface area (Å²) in [4.78, 5) is 0. The Kier molecular flexibility index (Phi) is 3.89. The molecule has 1 aliphatic rings. The van der Waals surface area contributed by atoms with Crippen molar-refractivity contribution in [2.45, 2.75) is 0 Å². The summed E-state index contributed by atoms with van der Waals surface area (Å²) in [6, 6.07) is 36.1. The molecule has 0 saturated carbocycles. The van der Waals surface area contributed by atoms with Gasteiger partial charge < -0.3 is 0 Å². The van der Waals surface area contributed by atoms with Crippen molar-refractivity contribution in [1.82, 2.24) is 0 Å². The summed E-state index contributed by atoms with van der Waals surface area (Å²) in [7, 11) is -2.23. The second kappa shape index (κ2) is 6.12. The van der Waals surface area contributed by atoms with Crippen LogP contribution in [-0.2, 0) is 0 Å². The molecule has 1 aliphatic heterocycles. The summed E-state index contributed by atoms with van der Waals surface area (Å²) in [5.41, 5.74) is 0. The number of hydrogen-bond acceptors (Lipinski definition) is 0. The molecule has 0 nitrogen and oxygen atoms in total. The van der Waals surface area contributed by atoms with Gasteiger partial charge in [0.25, 0.3) is 0 Å². The first-order chi connectivity index (χ1) is 12.3. The van der Waals surface area contributed by atoms with E-state index in [4.69, 9.17) is 0 Å². The maximum absolute atomic E-state index is 4.44. The van der Waals surface area contributed by atoms with Gasteiger partial charge in [0.15, 0.2) is 0 Å². The van der Waals surface area contributed by atoms with Crippen LogP contribution < -0.4 is 17.8 Å². The predicted octanol–water partition coefficient (Wildman–Crippen LogP) is 3.00. The first-order valence-corrected chi connectivity index (χ1v) is 20.0. The van der Waals surface area contributed by atoms with E-state index in [2.05, 4.69) is 111 Å². The van der Waals surface area contributed by atoms with Gasteiger partial charge in [-0.25, -0.2) is 0 Å². The zero-order valence-corrected chi connectivity index (χ0v) is 18.4. The second-order valence-corrected chi connectivity index (χ2v) is 32.1. The van der Waals surface area contributed by atoms with Crippen LogP contribution >= 0.6 is 14.1 Å². The third-order valence-electron chi connectivity index (χ3n) is 4.54. The normalized spacial score (nSPS) is 21.6. The fourth-order valence-electron chi connectivity index (χ4n) is 3.48. The molecule has 4 aromatic rings. The van der Waals surface area contributed by atoms with Crippen LogP contribution in [0, 0.1) is 0 Å². The summed E-state index contributed by atoms with van der Waals surface area (Å²) >= 11 is 3.23. The standard InChI is InChI=1S/C22H16BrSe2/c23-25(19-13-5-2-6-14-19)21-16-8-10-17-9-7-15-20(22(17)21)24(25)18-11-3-1-4-12-18/h1-16H/q+1. The molecule has 4 aromatic carbocycles. The van der Waals surface area contributed by atoms with Crippen LogP contribution in [0.15, 0.2) is 97.1 Å². The minimum absolute atomic E-state index is 1.21. The zero-order valence-electron chi connectivity index (χ0n) is 13.4. The number of rotatable bonds is 2. The monoisotopic (exact) mass is 519 g/mol. The van der Waals surface area contributed by atoms with Crippen molar-refractivity contribution < 1.29 is 0 Å². The molecule has 0 N–H and O–H groups in total. The summed E-state index contributed by atoms with van der Waals surface area (Å²) < 4.78 is 6.22. The van der Waals surface area contributed by atoms with Crippen LogP contribution in [0.25, 0.3) is 10.8 Å². The predicted molar refractivity (Wildman–Crippen MR) is 116 cm³/mol. The van der Waals surface area contributed by atoms with Crippen molar-refractivity contribution in [3.05, 3.63) is 97.1 Å². The molecule has 0 amide bonds. The molecule has 2 atom stereocenters. The van der Waals surface area contributed by atoms with E-state index in [0.29, 0.717) is 0 Å². The SMILES string of the molecule is Br[Se@]1(c2ccccc2)c2cccc3cccc(c23)[Se+]1c1ccccc1. The molecule has 0 radical (unpaired) electrons. The van der Waals surface area contributed by atoms with Crippen molar-refractivity contribution in [3.8, 4) is 0 Å². The van der Waals surface area contributed by atoms with Crippen molar-refractivity contribution >= 4 is 64.0 Å². The first kappa shape index (κ1) is 15.9. The van der Waals surface area contributed by atoms with Gasteiger partial charge >= 0.3 is 161 Å². The van der Waals surface area contributed by atoms with Crippen molar-refractivity contribution in [2.24, 2.45) is 0 Å². The molecule has 0 spiro atoms. The molecule has 0 saturated heterocycles. The van der Waals surface area contributed by atoms with Crippen LogP contribution in [0.1, 0.15) is 0 Å². The van der Waals surface area contributed by atoms with E-state index in [1.54, 1.807) is 8.92 Å². The molecule has 5 rings (SSSR count). The Morgan fingerprint density at radius 3 is 2.00 bits per heavy atom. The molecule has 0 aromatic heterocycles. The number of halogens is 1. The molecule has 0 bridgehead atoms. The topological polar surface area (TPSA) is 0 Å². The number of benzene rings is 4. The molecular formula is C22H16BrSe2+. The van der Waals surface area contributed by atoms with Gasteiger partial charge in [0.2, 0.25) is 0 Å². The maximum atomic E-state index is 4.44. The molecule has 0 aliphatic carbocycles. The van der Waals surface area contributed by atoms with Crippen molar-refractivity contribution in [3.63, 3.8) is 0 Å². The average molecular weight is 518 g/mol. The van der Waals surface area contributed by atoms with Gasteiger partial charge in [-0.05, 0) is 0 Å². The Bertz CT molecular complexity index is 1060. The van der Waals surface area contributed by atoms with Gasteiger partial charge in [-0.3, -0.25) is 0 Å². The van der Waals surface area contributed by atoms with E-state index in [-0.39, 0.29) is 0 Å². The van der Waals surface area contributed by atoms with Gasteiger partial charge in [0, 0.05) is 0 Å². The third kappa shape index (κ3) is 2.31. The van der Waals surface area contributed by atoms with E-state index < -0.39 is 21.3 Å². The summed E-state index contributed by atoms with van der Waals surface area (Å²) in [5.74, 6) is 0. The van der Waals surface area contributed by atoms with E-state index in [1.165, 1.54) is 19.7 Å². The van der Waals surface area contributed by atoms with Gasteiger partial charge in [0.05, 0.1) is 0 Å².